The molecule has 2 aromatic heterocycles. The first-order chi connectivity index (χ1) is 10.6. The van der Waals surface area contributed by atoms with E-state index in [0.29, 0.717) is 0 Å². The summed E-state index contributed by atoms with van der Waals surface area (Å²) in [4.78, 5) is 10.9. The Morgan fingerprint density at radius 3 is 2.82 bits per heavy atom. The Labute approximate surface area is 130 Å². The van der Waals surface area contributed by atoms with Gasteiger partial charge >= 0.3 is 0 Å². The quantitative estimate of drug-likeness (QED) is 0.694. The van der Waals surface area contributed by atoms with Gasteiger partial charge in [0.2, 0.25) is 0 Å². The number of aromatic nitrogens is 3. The SMILES string of the molecule is C#Cc1ccc(N(C)c2cc3c(cn2)ncn3C)c(CC)c1. The fraction of sp³-hybridized carbons (Fsp3) is 0.222. The van der Waals surface area contributed by atoms with Crippen LogP contribution in [-0.4, -0.2) is 21.6 Å². The number of nitrogens with zero attached hydrogens (tertiary/aromatic N) is 4. The van der Waals surface area contributed by atoms with Crippen molar-refractivity contribution < 1.29 is 0 Å². The van der Waals surface area contributed by atoms with Crippen molar-refractivity contribution in [1.29, 1.82) is 0 Å². The molecule has 0 amide bonds. The van der Waals surface area contributed by atoms with E-state index < -0.39 is 0 Å². The van der Waals surface area contributed by atoms with E-state index in [1.807, 2.05) is 30.9 Å². The first-order valence-electron chi connectivity index (χ1n) is 7.24. The molecule has 0 fully saturated rings. The van der Waals surface area contributed by atoms with E-state index in [9.17, 15) is 0 Å². The van der Waals surface area contributed by atoms with Crippen LogP contribution in [0.15, 0.2) is 36.8 Å². The van der Waals surface area contributed by atoms with Crippen molar-refractivity contribution in [3.63, 3.8) is 0 Å². The number of fused-ring (bicyclic) bond motifs is 1. The molecule has 2 heterocycles. The van der Waals surface area contributed by atoms with E-state index in [0.717, 1.165) is 34.5 Å². The lowest BCUT2D eigenvalue weighted by molar-refractivity contribution is 0.946. The first-order valence-corrected chi connectivity index (χ1v) is 7.24. The topological polar surface area (TPSA) is 34.0 Å². The molecule has 3 rings (SSSR count). The molecule has 0 N–H and O–H groups in total. The van der Waals surface area contributed by atoms with Gasteiger partial charge in [-0.05, 0) is 30.2 Å². The predicted molar refractivity (Wildman–Crippen MR) is 90.3 cm³/mol. The Bertz CT molecular complexity index is 870. The van der Waals surface area contributed by atoms with E-state index >= 15 is 0 Å². The Kier molecular flexibility index (Phi) is 3.56. The van der Waals surface area contributed by atoms with Crippen LogP contribution in [-0.2, 0) is 13.5 Å². The lowest BCUT2D eigenvalue weighted by Crippen LogP contribution is -2.13. The van der Waals surface area contributed by atoms with E-state index in [1.165, 1.54) is 5.56 Å². The highest BCUT2D eigenvalue weighted by atomic mass is 15.2. The summed E-state index contributed by atoms with van der Waals surface area (Å²) < 4.78 is 2.00. The highest BCUT2D eigenvalue weighted by Gasteiger charge is 2.12. The number of hydrogen-bond acceptors (Lipinski definition) is 3. The van der Waals surface area contributed by atoms with Gasteiger partial charge in [-0.3, -0.25) is 0 Å². The molecule has 0 aliphatic rings. The van der Waals surface area contributed by atoms with Crippen LogP contribution >= 0.6 is 0 Å². The summed E-state index contributed by atoms with van der Waals surface area (Å²) in [5.74, 6) is 3.58. The van der Waals surface area contributed by atoms with Crippen LogP contribution in [0.3, 0.4) is 0 Å². The van der Waals surface area contributed by atoms with Gasteiger partial charge < -0.3 is 9.47 Å². The zero-order valence-corrected chi connectivity index (χ0v) is 13.0. The monoisotopic (exact) mass is 290 g/mol. The molecule has 0 saturated heterocycles. The van der Waals surface area contributed by atoms with Gasteiger partial charge in [0.1, 0.15) is 11.3 Å². The average Bonchev–Trinajstić information content (AvgIpc) is 2.94. The number of anilines is 2. The smallest absolute Gasteiger partial charge is 0.134 e. The van der Waals surface area contributed by atoms with Crippen LogP contribution in [0, 0.1) is 12.3 Å². The van der Waals surface area contributed by atoms with E-state index in [2.05, 4.69) is 45.9 Å². The van der Waals surface area contributed by atoms with Crippen LogP contribution in [0.1, 0.15) is 18.1 Å². The second-order valence-corrected chi connectivity index (χ2v) is 5.29. The number of pyridine rings is 1. The third-order valence-corrected chi connectivity index (χ3v) is 3.93. The number of terminal acetylenes is 1. The number of rotatable bonds is 3. The van der Waals surface area contributed by atoms with Crippen molar-refractivity contribution in [2.45, 2.75) is 13.3 Å². The molecule has 1 aromatic carbocycles. The maximum Gasteiger partial charge on any atom is 0.134 e. The van der Waals surface area contributed by atoms with Crippen molar-refractivity contribution in [3.8, 4) is 12.3 Å². The maximum atomic E-state index is 5.49. The number of aryl methyl sites for hydroxylation is 2. The van der Waals surface area contributed by atoms with Gasteiger partial charge in [0.05, 0.1) is 18.0 Å². The summed E-state index contributed by atoms with van der Waals surface area (Å²) in [7, 11) is 4.01. The van der Waals surface area contributed by atoms with E-state index in [1.54, 1.807) is 6.33 Å². The Morgan fingerprint density at radius 1 is 1.27 bits per heavy atom. The second kappa shape index (κ2) is 5.53. The van der Waals surface area contributed by atoms with Gasteiger partial charge in [0.25, 0.3) is 0 Å². The van der Waals surface area contributed by atoms with Crippen LogP contribution in [0.5, 0.6) is 0 Å². The second-order valence-electron chi connectivity index (χ2n) is 5.29. The third kappa shape index (κ3) is 2.31. The van der Waals surface area contributed by atoms with Crippen LogP contribution in [0.2, 0.25) is 0 Å². The van der Waals surface area contributed by atoms with Crippen molar-refractivity contribution in [2.24, 2.45) is 7.05 Å². The van der Waals surface area contributed by atoms with Gasteiger partial charge in [0.15, 0.2) is 0 Å². The third-order valence-electron chi connectivity index (χ3n) is 3.93. The molecule has 4 nitrogen and oxygen atoms in total. The summed E-state index contributed by atoms with van der Waals surface area (Å²) in [6.45, 7) is 2.13. The molecule has 22 heavy (non-hydrogen) atoms. The molecule has 110 valence electrons. The van der Waals surface area contributed by atoms with Gasteiger partial charge in [-0.1, -0.05) is 12.8 Å². The summed E-state index contributed by atoms with van der Waals surface area (Å²) in [6, 6.07) is 8.14. The number of hydrogen-bond donors (Lipinski definition) is 0. The van der Waals surface area contributed by atoms with Gasteiger partial charge in [-0.25, -0.2) is 9.97 Å². The minimum absolute atomic E-state index is 0.888. The van der Waals surface area contributed by atoms with Crippen molar-refractivity contribution in [3.05, 3.63) is 47.9 Å². The van der Waals surface area contributed by atoms with Crippen molar-refractivity contribution >= 4 is 22.5 Å². The maximum absolute atomic E-state index is 5.49. The van der Waals surface area contributed by atoms with Gasteiger partial charge in [-0.15, -0.1) is 6.42 Å². The molecule has 0 atom stereocenters. The molecule has 0 bridgehead atoms. The van der Waals surface area contributed by atoms with E-state index in [4.69, 9.17) is 6.42 Å². The normalized spacial score (nSPS) is 10.6. The minimum Gasteiger partial charge on any atom is -0.334 e. The van der Waals surface area contributed by atoms with Gasteiger partial charge in [-0.2, -0.15) is 0 Å². The summed E-state index contributed by atoms with van der Waals surface area (Å²) >= 11 is 0. The minimum atomic E-state index is 0.888. The molecule has 0 aliphatic carbocycles. The largest absolute Gasteiger partial charge is 0.334 e. The fourth-order valence-electron chi connectivity index (χ4n) is 2.61. The molecule has 0 radical (unpaired) electrons. The Hall–Kier alpha value is -2.80. The highest BCUT2D eigenvalue weighted by molar-refractivity contribution is 5.79. The average molecular weight is 290 g/mol. The van der Waals surface area contributed by atoms with Gasteiger partial charge in [0, 0.05) is 31.4 Å². The standard InChI is InChI=1S/C18H18N4/c1-5-13-7-8-16(14(6-2)9-13)22(4)18-10-17-15(11-19-18)20-12-21(17)3/h1,7-12H,6H2,2-4H3. The zero-order chi connectivity index (χ0) is 15.7. The predicted octanol–water partition coefficient (Wildman–Crippen LogP) is 3.28. The van der Waals surface area contributed by atoms with Crippen molar-refractivity contribution in [2.75, 3.05) is 11.9 Å². The Morgan fingerprint density at radius 2 is 2.09 bits per heavy atom. The Balaban J connectivity index is 2.07. The molecular weight excluding hydrogens is 272 g/mol. The summed E-state index contributed by atoms with van der Waals surface area (Å²) in [5, 5.41) is 0. The molecule has 0 spiro atoms. The fourth-order valence-corrected chi connectivity index (χ4v) is 2.61. The molecule has 3 aromatic rings. The van der Waals surface area contributed by atoms with Crippen LogP contribution < -0.4 is 4.90 Å². The summed E-state index contributed by atoms with van der Waals surface area (Å²) in [6.07, 6.45) is 10.0. The van der Waals surface area contributed by atoms with Crippen LogP contribution in [0.4, 0.5) is 11.5 Å². The molecule has 0 unspecified atom stereocenters. The molecule has 0 saturated carbocycles. The molecule has 4 heteroatoms. The zero-order valence-electron chi connectivity index (χ0n) is 13.0. The molecule has 0 aliphatic heterocycles. The van der Waals surface area contributed by atoms with Crippen molar-refractivity contribution in [1.82, 2.24) is 14.5 Å². The first kappa shape index (κ1) is 14.2. The lowest BCUT2D eigenvalue weighted by Gasteiger charge is -2.21. The highest BCUT2D eigenvalue weighted by Crippen LogP contribution is 2.28. The van der Waals surface area contributed by atoms with Crippen LogP contribution in [0.25, 0.3) is 11.0 Å². The summed E-state index contributed by atoms with van der Waals surface area (Å²) in [5.41, 5.74) is 5.21. The number of imidazole rings is 1. The van der Waals surface area contributed by atoms with E-state index in [-0.39, 0.29) is 0 Å². The molecular formula is C18H18N4. The number of benzene rings is 1. The lowest BCUT2D eigenvalue weighted by atomic mass is 10.1.